The van der Waals surface area contributed by atoms with Gasteiger partial charge in [0.05, 0.1) is 13.0 Å². The average Bonchev–Trinajstić information content (AvgIpc) is 2.52. The van der Waals surface area contributed by atoms with Crippen molar-refractivity contribution in [3.8, 4) is 0 Å². The number of amides is 2. The van der Waals surface area contributed by atoms with E-state index in [4.69, 9.17) is 5.11 Å². The molecule has 0 aliphatic rings. The molecule has 0 unspecified atom stereocenters. The largest absolute Gasteiger partial charge is 0.481 e. The molecule has 0 bridgehead atoms. The Hall–Kier alpha value is -2.64. The van der Waals surface area contributed by atoms with E-state index in [1.54, 1.807) is 0 Å². The van der Waals surface area contributed by atoms with Gasteiger partial charge in [-0.25, -0.2) is 4.98 Å². The maximum Gasteiger partial charge on any atom is 0.305 e. The van der Waals surface area contributed by atoms with Crippen molar-refractivity contribution in [3.63, 3.8) is 0 Å². The first-order chi connectivity index (χ1) is 11.5. The number of aromatic nitrogens is 1. The quantitative estimate of drug-likeness (QED) is 0.441. The van der Waals surface area contributed by atoms with Crippen molar-refractivity contribution in [2.24, 2.45) is 0 Å². The summed E-state index contributed by atoms with van der Waals surface area (Å²) in [5, 5.41) is 16.6. The summed E-state index contributed by atoms with van der Waals surface area (Å²) < 4.78 is 0. The van der Waals surface area contributed by atoms with Crippen molar-refractivity contribution in [1.29, 1.82) is 0 Å². The van der Waals surface area contributed by atoms with Gasteiger partial charge >= 0.3 is 5.97 Å². The third kappa shape index (κ3) is 9.39. The van der Waals surface area contributed by atoms with E-state index in [-0.39, 0.29) is 25.4 Å². The Labute approximate surface area is 141 Å². The van der Waals surface area contributed by atoms with Crippen molar-refractivity contribution in [2.75, 3.05) is 25.0 Å². The summed E-state index contributed by atoms with van der Waals surface area (Å²) in [5.74, 6) is -0.750. The molecule has 0 saturated heterocycles. The van der Waals surface area contributed by atoms with Crippen molar-refractivity contribution < 1.29 is 19.5 Å². The third-order valence-electron chi connectivity index (χ3n) is 3.13. The van der Waals surface area contributed by atoms with Crippen LogP contribution in [0.4, 0.5) is 5.82 Å². The third-order valence-corrected chi connectivity index (χ3v) is 3.13. The zero-order valence-electron chi connectivity index (χ0n) is 13.8. The van der Waals surface area contributed by atoms with Crippen molar-refractivity contribution in [1.82, 2.24) is 15.6 Å². The highest BCUT2D eigenvalue weighted by atomic mass is 16.4. The van der Waals surface area contributed by atoms with E-state index in [2.05, 4.69) is 20.9 Å². The second-order valence-corrected chi connectivity index (χ2v) is 5.32. The molecule has 0 aromatic carbocycles. The van der Waals surface area contributed by atoms with Crippen LogP contribution in [0.3, 0.4) is 0 Å². The molecule has 0 spiro atoms. The van der Waals surface area contributed by atoms with Crippen LogP contribution in [0.1, 0.15) is 31.4 Å². The number of hydrogen-bond donors (Lipinski definition) is 4. The van der Waals surface area contributed by atoms with Gasteiger partial charge in [-0.2, -0.15) is 0 Å². The number of pyridine rings is 1. The molecule has 24 heavy (non-hydrogen) atoms. The number of hydrogen-bond acceptors (Lipinski definition) is 5. The zero-order valence-corrected chi connectivity index (χ0v) is 13.8. The monoisotopic (exact) mass is 336 g/mol. The van der Waals surface area contributed by atoms with Crippen LogP contribution in [0.2, 0.25) is 0 Å². The Kier molecular flexibility index (Phi) is 8.88. The molecule has 1 aromatic heterocycles. The Morgan fingerprint density at radius 3 is 2.54 bits per heavy atom. The van der Waals surface area contributed by atoms with Gasteiger partial charge in [0.1, 0.15) is 5.82 Å². The van der Waals surface area contributed by atoms with Crippen molar-refractivity contribution in [2.45, 2.75) is 32.6 Å². The van der Waals surface area contributed by atoms with E-state index < -0.39 is 11.9 Å². The molecule has 8 heteroatoms. The summed E-state index contributed by atoms with van der Waals surface area (Å²) >= 11 is 0. The molecular weight excluding hydrogens is 312 g/mol. The highest BCUT2D eigenvalue weighted by molar-refractivity contribution is 5.84. The first-order valence-electron chi connectivity index (χ1n) is 7.90. The Morgan fingerprint density at radius 1 is 1.04 bits per heavy atom. The van der Waals surface area contributed by atoms with Crippen LogP contribution in [-0.2, 0) is 14.4 Å². The first-order valence-corrected chi connectivity index (χ1v) is 7.90. The van der Waals surface area contributed by atoms with Gasteiger partial charge in [-0.15, -0.1) is 0 Å². The molecule has 0 aliphatic heterocycles. The van der Waals surface area contributed by atoms with Crippen LogP contribution in [0.5, 0.6) is 0 Å². The van der Waals surface area contributed by atoms with Crippen LogP contribution in [0.25, 0.3) is 0 Å². The molecule has 132 valence electrons. The number of anilines is 1. The number of rotatable bonds is 11. The minimum absolute atomic E-state index is 0.0582. The van der Waals surface area contributed by atoms with Gasteiger partial charge in [-0.05, 0) is 31.9 Å². The molecule has 0 radical (unpaired) electrons. The number of carboxylic acid groups (broad SMARTS) is 1. The highest BCUT2D eigenvalue weighted by Crippen LogP contribution is 2.04. The average molecular weight is 336 g/mol. The maximum atomic E-state index is 11.6. The van der Waals surface area contributed by atoms with Gasteiger partial charge in [-0.3, -0.25) is 14.4 Å². The minimum atomic E-state index is -0.978. The number of carboxylic acids is 1. The lowest BCUT2D eigenvalue weighted by atomic mass is 10.2. The maximum absolute atomic E-state index is 11.6. The number of carbonyl (C=O) groups excluding carboxylic acids is 2. The van der Waals surface area contributed by atoms with Gasteiger partial charge in [0.2, 0.25) is 11.8 Å². The predicted octanol–water partition coefficient (Wildman–Crippen LogP) is 0.679. The van der Waals surface area contributed by atoms with E-state index >= 15 is 0 Å². The van der Waals surface area contributed by atoms with Gasteiger partial charge in [0.25, 0.3) is 0 Å². The molecule has 2 amide bonds. The van der Waals surface area contributed by atoms with Crippen LogP contribution in [-0.4, -0.2) is 47.5 Å². The Morgan fingerprint density at radius 2 is 1.83 bits per heavy atom. The second kappa shape index (κ2) is 11.0. The summed E-state index contributed by atoms with van der Waals surface area (Å²) in [6, 6.07) is 5.75. The zero-order chi connectivity index (χ0) is 17.8. The lowest BCUT2D eigenvalue weighted by Crippen LogP contribution is -2.37. The molecule has 8 nitrogen and oxygen atoms in total. The predicted molar refractivity (Wildman–Crippen MR) is 89.6 cm³/mol. The lowest BCUT2D eigenvalue weighted by molar-refractivity contribution is -0.137. The molecular formula is C16H24N4O4. The number of nitrogens with one attached hydrogen (secondary N) is 3. The standard InChI is InChI=1S/C16H24N4O4/c1-12-5-4-6-13(20-12)17-9-3-2-7-14(21)19-11-15(22)18-10-8-16(23)24/h4-6H,2-3,7-11H2,1H3,(H,17,20)(H,18,22)(H,19,21)(H,23,24). The van der Waals surface area contributed by atoms with Crippen molar-refractivity contribution in [3.05, 3.63) is 23.9 Å². The number of nitrogens with zero attached hydrogens (tertiary/aromatic N) is 1. The van der Waals surface area contributed by atoms with Crippen LogP contribution in [0, 0.1) is 6.92 Å². The number of carbonyl (C=O) groups is 3. The fourth-order valence-corrected chi connectivity index (χ4v) is 1.91. The normalized spacial score (nSPS) is 10.0. The van der Waals surface area contributed by atoms with E-state index in [9.17, 15) is 14.4 Å². The van der Waals surface area contributed by atoms with E-state index in [1.807, 2.05) is 25.1 Å². The fraction of sp³-hybridized carbons (Fsp3) is 0.500. The number of aliphatic carboxylic acids is 1. The molecule has 1 aromatic rings. The second-order valence-electron chi connectivity index (χ2n) is 5.32. The molecule has 0 aliphatic carbocycles. The topological polar surface area (TPSA) is 120 Å². The summed E-state index contributed by atoms with van der Waals surface area (Å²) in [7, 11) is 0. The van der Waals surface area contributed by atoms with Gasteiger partial charge in [0.15, 0.2) is 0 Å². The van der Waals surface area contributed by atoms with Gasteiger partial charge < -0.3 is 21.1 Å². The summed E-state index contributed by atoms with van der Waals surface area (Å²) in [6.07, 6.45) is 1.72. The van der Waals surface area contributed by atoms with E-state index in [0.29, 0.717) is 12.8 Å². The van der Waals surface area contributed by atoms with Gasteiger partial charge in [0, 0.05) is 25.2 Å². The lowest BCUT2D eigenvalue weighted by Gasteiger charge is -2.07. The van der Waals surface area contributed by atoms with Crippen LogP contribution >= 0.6 is 0 Å². The highest BCUT2D eigenvalue weighted by Gasteiger charge is 2.06. The number of aryl methyl sites for hydroxylation is 1. The molecule has 4 N–H and O–H groups in total. The minimum Gasteiger partial charge on any atom is -0.481 e. The van der Waals surface area contributed by atoms with E-state index in [0.717, 1.165) is 24.5 Å². The summed E-state index contributed by atoms with van der Waals surface area (Å²) in [5.41, 5.74) is 0.945. The number of unbranched alkanes of at least 4 members (excludes halogenated alkanes) is 1. The molecule has 0 saturated carbocycles. The summed E-state index contributed by atoms with van der Waals surface area (Å²) in [4.78, 5) is 37.6. The Bertz CT molecular complexity index is 563. The van der Waals surface area contributed by atoms with Crippen molar-refractivity contribution >= 4 is 23.6 Å². The molecule has 1 rings (SSSR count). The molecule has 0 atom stereocenters. The van der Waals surface area contributed by atoms with Gasteiger partial charge in [-0.1, -0.05) is 6.07 Å². The first kappa shape index (κ1) is 19.4. The fourth-order valence-electron chi connectivity index (χ4n) is 1.91. The van der Waals surface area contributed by atoms with Crippen LogP contribution < -0.4 is 16.0 Å². The molecule has 0 fully saturated rings. The SMILES string of the molecule is Cc1cccc(NCCCCC(=O)NCC(=O)NCCC(=O)O)n1. The smallest absolute Gasteiger partial charge is 0.305 e. The molecule has 1 heterocycles. The summed E-state index contributed by atoms with van der Waals surface area (Å²) in [6.45, 7) is 2.57. The Balaban J connectivity index is 2.03. The van der Waals surface area contributed by atoms with E-state index in [1.165, 1.54) is 0 Å². The van der Waals surface area contributed by atoms with Crippen LogP contribution in [0.15, 0.2) is 18.2 Å².